The van der Waals surface area contributed by atoms with Crippen molar-refractivity contribution in [1.29, 1.82) is 0 Å². The average Bonchev–Trinajstić information content (AvgIpc) is 2.95. The second-order valence-electron chi connectivity index (χ2n) is 5.87. The maximum absolute atomic E-state index is 12.0. The van der Waals surface area contributed by atoms with E-state index in [0.29, 0.717) is 12.5 Å². The van der Waals surface area contributed by atoms with Gasteiger partial charge in [0.15, 0.2) is 0 Å². The second-order valence-corrected chi connectivity index (χ2v) is 5.87. The second kappa shape index (κ2) is 4.33. The topological polar surface area (TPSA) is 49.8 Å². The summed E-state index contributed by atoms with van der Waals surface area (Å²) in [5.41, 5.74) is 0.800. The summed E-state index contributed by atoms with van der Waals surface area (Å²) in [6.45, 7) is 6.14. The highest BCUT2D eigenvalue weighted by molar-refractivity contribution is 5.70. The zero-order valence-electron chi connectivity index (χ0n) is 10.8. The molecule has 1 amide bonds. The standard InChI is InChI=1S/C13H21NO3/c1-13(2,3)17-12(16)14-7-10(9-4-5-9)6-11(14)8-15/h6,9,11,15H,4-5,7-8H2,1-3H3/t11-/m1/s1. The van der Waals surface area contributed by atoms with E-state index in [2.05, 4.69) is 0 Å². The van der Waals surface area contributed by atoms with E-state index in [1.165, 1.54) is 18.4 Å². The van der Waals surface area contributed by atoms with Gasteiger partial charge in [-0.15, -0.1) is 0 Å². The Bertz CT molecular complexity index is 339. The van der Waals surface area contributed by atoms with Gasteiger partial charge in [-0.3, -0.25) is 4.90 Å². The molecule has 1 atom stereocenters. The molecule has 0 aromatic heterocycles. The molecule has 1 aliphatic carbocycles. The fourth-order valence-corrected chi connectivity index (χ4v) is 2.09. The van der Waals surface area contributed by atoms with Crippen molar-refractivity contribution in [3.63, 3.8) is 0 Å². The summed E-state index contributed by atoms with van der Waals surface area (Å²) in [6.07, 6.45) is 4.13. The predicted molar refractivity (Wildman–Crippen MR) is 64.6 cm³/mol. The van der Waals surface area contributed by atoms with Crippen molar-refractivity contribution in [2.45, 2.75) is 45.3 Å². The van der Waals surface area contributed by atoms with E-state index in [1.807, 2.05) is 26.8 Å². The molecule has 2 aliphatic rings. The van der Waals surface area contributed by atoms with Crippen LogP contribution in [0.3, 0.4) is 0 Å². The van der Waals surface area contributed by atoms with Crippen molar-refractivity contribution < 1.29 is 14.6 Å². The first-order chi connectivity index (χ1) is 7.90. The predicted octanol–water partition coefficient (Wildman–Crippen LogP) is 1.93. The lowest BCUT2D eigenvalue weighted by Gasteiger charge is -2.27. The van der Waals surface area contributed by atoms with Crippen LogP contribution in [0, 0.1) is 5.92 Å². The van der Waals surface area contributed by atoms with E-state index >= 15 is 0 Å². The van der Waals surface area contributed by atoms with Crippen LogP contribution in [-0.2, 0) is 4.74 Å². The Morgan fingerprint density at radius 3 is 2.65 bits per heavy atom. The number of nitrogens with zero attached hydrogens (tertiary/aromatic N) is 1. The lowest BCUT2D eigenvalue weighted by molar-refractivity contribution is 0.0194. The van der Waals surface area contributed by atoms with Crippen LogP contribution in [0.15, 0.2) is 11.6 Å². The molecule has 1 saturated carbocycles. The van der Waals surface area contributed by atoms with Crippen LogP contribution in [0.1, 0.15) is 33.6 Å². The van der Waals surface area contributed by atoms with Crippen molar-refractivity contribution in [3.05, 3.63) is 11.6 Å². The zero-order chi connectivity index (χ0) is 12.6. The summed E-state index contributed by atoms with van der Waals surface area (Å²) in [5, 5.41) is 9.31. The highest BCUT2D eigenvalue weighted by Crippen LogP contribution is 2.39. The van der Waals surface area contributed by atoms with Gasteiger partial charge in [-0.25, -0.2) is 4.79 Å². The van der Waals surface area contributed by atoms with Gasteiger partial charge in [-0.1, -0.05) is 6.08 Å². The molecule has 4 heteroatoms. The van der Waals surface area contributed by atoms with Crippen molar-refractivity contribution in [1.82, 2.24) is 4.90 Å². The first kappa shape index (κ1) is 12.4. The third-order valence-corrected chi connectivity index (χ3v) is 3.08. The minimum atomic E-state index is -0.487. The largest absolute Gasteiger partial charge is 0.444 e. The molecule has 1 heterocycles. The zero-order valence-corrected chi connectivity index (χ0v) is 10.8. The van der Waals surface area contributed by atoms with Crippen molar-refractivity contribution in [2.24, 2.45) is 5.92 Å². The molecule has 0 saturated heterocycles. The van der Waals surface area contributed by atoms with Crippen LogP contribution in [0.2, 0.25) is 0 Å². The Balaban J connectivity index is 1.99. The van der Waals surface area contributed by atoms with E-state index in [9.17, 15) is 9.90 Å². The lowest BCUT2D eigenvalue weighted by atomic mass is 10.1. The highest BCUT2D eigenvalue weighted by atomic mass is 16.6. The van der Waals surface area contributed by atoms with Crippen molar-refractivity contribution in [3.8, 4) is 0 Å². The molecule has 1 aliphatic heterocycles. The Hall–Kier alpha value is -1.03. The number of ether oxygens (including phenoxy) is 1. The number of hydrogen-bond donors (Lipinski definition) is 1. The number of rotatable bonds is 2. The number of aliphatic hydroxyl groups is 1. The average molecular weight is 239 g/mol. The lowest BCUT2D eigenvalue weighted by Crippen LogP contribution is -2.41. The Kier molecular flexibility index (Phi) is 3.17. The molecule has 0 unspecified atom stereocenters. The molecule has 1 N–H and O–H groups in total. The third kappa shape index (κ3) is 3.00. The first-order valence-corrected chi connectivity index (χ1v) is 6.22. The van der Waals surface area contributed by atoms with E-state index in [1.54, 1.807) is 4.90 Å². The summed E-state index contributed by atoms with van der Waals surface area (Å²) >= 11 is 0. The summed E-state index contributed by atoms with van der Waals surface area (Å²) < 4.78 is 5.34. The first-order valence-electron chi connectivity index (χ1n) is 6.22. The molecule has 0 aromatic rings. The normalized spacial score (nSPS) is 24.8. The molecule has 96 valence electrons. The fourth-order valence-electron chi connectivity index (χ4n) is 2.09. The summed E-state index contributed by atoms with van der Waals surface area (Å²) in [5.74, 6) is 0.636. The smallest absolute Gasteiger partial charge is 0.411 e. The van der Waals surface area contributed by atoms with Crippen molar-refractivity contribution >= 4 is 6.09 Å². The van der Waals surface area contributed by atoms with Crippen LogP contribution in [0.5, 0.6) is 0 Å². The van der Waals surface area contributed by atoms with Crippen molar-refractivity contribution in [2.75, 3.05) is 13.2 Å². The Morgan fingerprint density at radius 1 is 1.53 bits per heavy atom. The molecular weight excluding hydrogens is 218 g/mol. The van der Waals surface area contributed by atoms with Gasteiger partial charge in [0.1, 0.15) is 5.60 Å². The van der Waals surface area contributed by atoms with Crippen LogP contribution in [-0.4, -0.2) is 40.9 Å². The third-order valence-electron chi connectivity index (χ3n) is 3.08. The van der Waals surface area contributed by atoms with Gasteiger partial charge in [0.05, 0.1) is 12.6 Å². The van der Waals surface area contributed by atoms with Gasteiger partial charge in [0.2, 0.25) is 0 Å². The highest BCUT2D eigenvalue weighted by Gasteiger charge is 2.37. The Labute approximate surface area is 102 Å². The Morgan fingerprint density at radius 2 is 2.18 bits per heavy atom. The van der Waals surface area contributed by atoms with Crippen LogP contribution in [0.4, 0.5) is 4.79 Å². The molecule has 4 nitrogen and oxygen atoms in total. The van der Waals surface area contributed by atoms with Gasteiger partial charge in [0.25, 0.3) is 0 Å². The monoisotopic (exact) mass is 239 g/mol. The molecule has 2 rings (SSSR count). The number of hydrogen-bond acceptors (Lipinski definition) is 3. The number of carbonyl (C=O) groups is 1. The van der Waals surface area contributed by atoms with E-state index in [-0.39, 0.29) is 18.7 Å². The molecule has 0 radical (unpaired) electrons. The summed E-state index contributed by atoms with van der Waals surface area (Å²) in [6, 6.07) is -0.208. The molecule has 0 bridgehead atoms. The van der Waals surface area contributed by atoms with E-state index in [4.69, 9.17) is 4.74 Å². The number of aliphatic hydroxyl groups excluding tert-OH is 1. The molecule has 0 spiro atoms. The maximum atomic E-state index is 12.0. The SMILES string of the molecule is CC(C)(C)OC(=O)N1CC(C2CC2)=C[C@@H]1CO. The summed E-state index contributed by atoms with van der Waals surface area (Å²) in [7, 11) is 0. The molecule has 1 fully saturated rings. The van der Waals surface area contributed by atoms with E-state index in [0.717, 1.165) is 0 Å². The fraction of sp³-hybridized carbons (Fsp3) is 0.769. The van der Waals surface area contributed by atoms with Crippen LogP contribution < -0.4 is 0 Å². The minimum Gasteiger partial charge on any atom is -0.444 e. The summed E-state index contributed by atoms with van der Waals surface area (Å²) in [4.78, 5) is 13.6. The van der Waals surface area contributed by atoms with E-state index < -0.39 is 5.60 Å². The van der Waals surface area contributed by atoms with Gasteiger partial charge in [-0.05, 0) is 45.1 Å². The maximum Gasteiger partial charge on any atom is 0.411 e. The van der Waals surface area contributed by atoms with Gasteiger partial charge < -0.3 is 9.84 Å². The number of carbonyl (C=O) groups excluding carboxylic acids is 1. The molecular formula is C13H21NO3. The van der Waals surface area contributed by atoms with Gasteiger partial charge >= 0.3 is 6.09 Å². The van der Waals surface area contributed by atoms with Crippen LogP contribution in [0.25, 0.3) is 0 Å². The van der Waals surface area contributed by atoms with Crippen LogP contribution >= 0.6 is 0 Å². The number of amides is 1. The molecule has 17 heavy (non-hydrogen) atoms. The quantitative estimate of drug-likeness (QED) is 0.749. The minimum absolute atomic E-state index is 0.0323. The van der Waals surface area contributed by atoms with Gasteiger partial charge in [-0.2, -0.15) is 0 Å². The van der Waals surface area contributed by atoms with Gasteiger partial charge in [0, 0.05) is 6.54 Å². The molecule has 0 aromatic carbocycles.